The van der Waals surface area contributed by atoms with Crippen LogP contribution in [0.1, 0.15) is 10.5 Å². The highest BCUT2D eigenvalue weighted by atomic mass is 16.2. The maximum Gasteiger partial charge on any atom is 0.270 e. The number of likely N-dealkylation sites (tertiary alicyclic amines) is 1. The zero-order valence-corrected chi connectivity index (χ0v) is 11.9. The maximum absolute atomic E-state index is 12.4. The van der Waals surface area contributed by atoms with Crippen LogP contribution >= 0.6 is 0 Å². The minimum absolute atomic E-state index is 0.0308. The van der Waals surface area contributed by atoms with Crippen molar-refractivity contribution in [2.24, 2.45) is 0 Å². The topological polar surface area (TPSA) is 73.9 Å². The second kappa shape index (κ2) is 5.14. The fourth-order valence-electron chi connectivity index (χ4n) is 2.65. The summed E-state index contributed by atoms with van der Waals surface area (Å²) in [6, 6.07) is 11.8. The van der Waals surface area contributed by atoms with Crippen molar-refractivity contribution in [3.05, 3.63) is 54.5 Å². The molecule has 1 aliphatic heterocycles. The van der Waals surface area contributed by atoms with E-state index in [1.54, 1.807) is 18.5 Å². The molecule has 0 atom stereocenters. The largest absolute Gasteiger partial charge is 0.351 e. The van der Waals surface area contributed by atoms with Crippen LogP contribution < -0.4 is 5.32 Å². The quantitative estimate of drug-likeness (QED) is 0.773. The molecular weight excluding hydrogens is 278 g/mol. The fraction of sp³-hybridized carbons (Fsp3) is 0.188. The van der Waals surface area contributed by atoms with Crippen molar-refractivity contribution in [2.75, 3.05) is 18.4 Å². The molecule has 0 spiro atoms. The number of nitrogens with zero attached hydrogens (tertiary/aromatic N) is 3. The number of aromatic nitrogens is 3. The number of carbonyl (C=O) groups is 1. The molecule has 6 heteroatoms. The van der Waals surface area contributed by atoms with Gasteiger partial charge in [-0.15, -0.1) is 0 Å². The second-order valence-electron chi connectivity index (χ2n) is 5.39. The lowest BCUT2D eigenvalue weighted by molar-refractivity contribution is 0.0619. The summed E-state index contributed by atoms with van der Waals surface area (Å²) in [6.45, 7) is 1.32. The number of benzene rings is 1. The predicted octanol–water partition coefficient (Wildman–Crippen LogP) is 1.89. The molecule has 0 saturated carbocycles. The van der Waals surface area contributed by atoms with E-state index in [4.69, 9.17) is 0 Å². The van der Waals surface area contributed by atoms with Gasteiger partial charge in [-0.3, -0.25) is 4.79 Å². The van der Waals surface area contributed by atoms with Gasteiger partial charge in [0.05, 0.1) is 6.04 Å². The Bertz CT molecular complexity index is 775. The molecule has 1 saturated heterocycles. The molecule has 0 radical (unpaired) electrons. The van der Waals surface area contributed by atoms with Gasteiger partial charge in [0.1, 0.15) is 5.69 Å². The van der Waals surface area contributed by atoms with Crippen molar-refractivity contribution < 1.29 is 4.79 Å². The highest BCUT2D eigenvalue weighted by Gasteiger charge is 2.32. The summed E-state index contributed by atoms with van der Waals surface area (Å²) in [5, 5.41) is 4.27. The van der Waals surface area contributed by atoms with Gasteiger partial charge in [-0.05, 0) is 18.2 Å². The lowest BCUT2D eigenvalue weighted by Gasteiger charge is -2.39. The lowest BCUT2D eigenvalue weighted by Crippen LogP contribution is -2.57. The number of amides is 1. The van der Waals surface area contributed by atoms with Crippen LogP contribution in [-0.2, 0) is 0 Å². The standard InChI is InChI=1S/C16H15N5O/c22-15(14-8-11-4-1-2-5-13(11)20-14)21-9-12(10-21)19-16-17-6-3-7-18-16/h1-8,12,20H,9-10H2,(H,17,18,19). The summed E-state index contributed by atoms with van der Waals surface area (Å²) in [5.41, 5.74) is 1.62. The predicted molar refractivity (Wildman–Crippen MR) is 83.6 cm³/mol. The van der Waals surface area contributed by atoms with Gasteiger partial charge in [-0.25, -0.2) is 9.97 Å². The first-order chi connectivity index (χ1) is 10.8. The Morgan fingerprint density at radius 3 is 2.73 bits per heavy atom. The molecule has 0 aliphatic carbocycles. The molecule has 0 unspecified atom stereocenters. The Balaban J connectivity index is 1.41. The number of H-pyrrole nitrogens is 1. The highest BCUT2D eigenvalue weighted by Crippen LogP contribution is 2.19. The molecule has 1 aliphatic rings. The third-order valence-electron chi connectivity index (χ3n) is 3.83. The summed E-state index contributed by atoms with van der Waals surface area (Å²) >= 11 is 0. The third-order valence-corrected chi connectivity index (χ3v) is 3.83. The number of fused-ring (bicyclic) bond motifs is 1. The van der Waals surface area contributed by atoms with Crippen LogP contribution in [0.4, 0.5) is 5.95 Å². The van der Waals surface area contributed by atoms with Gasteiger partial charge in [0.2, 0.25) is 5.95 Å². The summed E-state index contributed by atoms with van der Waals surface area (Å²) < 4.78 is 0. The first-order valence-corrected chi connectivity index (χ1v) is 7.20. The normalized spacial score (nSPS) is 14.8. The van der Waals surface area contributed by atoms with Crippen LogP contribution in [0.3, 0.4) is 0 Å². The lowest BCUT2D eigenvalue weighted by atomic mass is 10.1. The Morgan fingerprint density at radius 1 is 1.18 bits per heavy atom. The van der Waals surface area contributed by atoms with Gasteiger partial charge in [0, 0.05) is 36.4 Å². The van der Waals surface area contributed by atoms with E-state index in [0.29, 0.717) is 24.7 Å². The summed E-state index contributed by atoms with van der Waals surface area (Å²) in [5.74, 6) is 0.633. The number of rotatable bonds is 3. The molecule has 3 heterocycles. The highest BCUT2D eigenvalue weighted by molar-refractivity contribution is 5.98. The smallest absolute Gasteiger partial charge is 0.270 e. The van der Waals surface area contributed by atoms with E-state index in [2.05, 4.69) is 20.3 Å². The third kappa shape index (κ3) is 2.28. The molecule has 22 heavy (non-hydrogen) atoms. The van der Waals surface area contributed by atoms with Gasteiger partial charge in [0.15, 0.2) is 0 Å². The average molecular weight is 293 g/mol. The molecular formula is C16H15N5O. The summed E-state index contributed by atoms with van der Waals surface area (Å²) in [4.78, 5) is 25.7. The Kier molecular flexibility index (Phi) is 3.00. The molecule has 6 nitrogen and oxygen atoms in total. The van der Waals surface area contributed by atoms with E-state index >= 15 is 0 Å². The number of para-hydroxylation sites is 1. The van der Waals surface area contributed by atoms with Gasteiger partial charge >= 0.3 is 0 Å². The average Bonchev–Trinajstić information content (AvgIpc) is 2.95. The number of hydrogen-bond donors (Lipinski definition) is 2. The number of nitrogens with one attached hydrogen (secondary N) is 2. The second-order valence-corrected chi connectivity index (χ2v) is 5.39. The first-order valence-electron chi connectivity index (χ1n) is 7.20. The molecule has 2 N–H and O–H groups in total. The van der Waals surface area contributed by atoms with Gasteiger partial charge in [-0.2, -0.15) is 0 Å². The van der Waals surface area contributed by atoms with Crippen LogP contribution in [-0.4, -0.2) is 44.9 Å². The van der Waals surface area contributed by atoms with Gasteiger partial charge in [-0.1, -0.05) is 18.2 Å². The van der Waals surface area contributed by atoms with Crippen molar-refractivity contribution in [3.8, 4) is 0 Å². The van der Waals surface area contributed by atoms with E-state index in [1.807, 2.05) is 35.2 Å². The SMILES string of the molecule is O=C(c1cc2ccccc2[nH]1)N1CC(Nc2ncccn2)C1. The molecule has 0 bridgehead atoms. The van der Waals surface area contributed by atoms with Crippen LogP contribution in [0.15, 0.2) is 48.8 Å². The monoisotopic (exact) mass is 293 g/mol. The van der Waals surface area contributed by atoms with E-state index < -0.39 is 0 Å². The Hall–Kier alpha value is -2.89. The van der Waals surface area contributed by atoms with Gasteiger partial charge < -0.3 is 15.2 Å². The molecule has 1 fully saturated rings. The van der Waals surface area contributed by atoms with Gasteiger partial charge in [0.25, 0.3) is 5.91 Å². The van der Waals surface area contributed by atoms with Crippen LogP contribution in [0.2, 0.25) is 0 Å². The van der Waals surface area contributed by atoms with Crippen molar-refractivity contribution in [3.63, 3.8) is 0 Å². The Morgan fingerprint density at radius 2 is 1.95 bits per heavy atom. The molecule has 1 aromatic carbocycles. The molecule has 1 amide bonds. The first kappa shape index (κ1) is 12.8. The fourth-order valence-corrected chi connectivity index (χ4v) is 2.65. The number of aromatic amines is 1. The van der Waals surface area contributed by atoms with E-state index in [0.717, 1.165) is 10.9 Å². The minimum atomic E-state index is 0.0308. The van der Waals surface area contributed by atoms with E-state index in [-0.39, 0.29) is 11.9 Å². The molecule has 110 valence electrons. The zero-order chi connectivity index (χ0) is 14.9. The number of anilines is 1. The molecule has 4 rings (SSSR count). The van der Waals surface area contributed by atoms with Crippen molar-refractivity contribution in [1.82, 2.24) is 19.9 Å². The Labute approximate surface area is 127 Å². The van der Waals surface area contributed by atoms with Crippen LogP contribution in [0, 0.1) is 0 Å². The van der Waals surface area contributed by atoms with Crippen LogP contribution in [0.5, 0.6) is 0 Å². The van der Waals surface area contributed by atoms with Crippen molar-refractivity contribution in [1.29, 1.82) is 0 Å². The van der Waals surface area contributed by atoms with E-state index in [1.165, 1.54) is 0 Å². The van der Waals surface area contributed by atoms with E-state index in [9.17, 15) is 4.79 Å². The van der Waals surface area contributed by atoms with Crippen molar-refractivity contribution >= 4 is 22.8 Å². The zero-order valence-electron chi connectivity index (χ0n) is 11.9. The maximum atomic E-state index is 12.4. The molecule has 2 aromatic heterocycles. The number of carbonyl (C=O) groups excluding carboxylic acids is 1. The van der Waals surface area contributed by atoms with Crippen molar-refractivity contribution in [2.45, 2.75) is 6.04 Å². The number of hydrogen-bond acceptors (Lipinski definition) is 4. The summed E-state index contributed by atoms with van der Waals surface area (Å²) in [6.07, 6.45) is 3.39. The van der Waals surface area contributed by atoms with Crippen LogP contribution in [0.25, 0.3) is 10.9 Å². The summed E-state index contributed by atoms with van der Waals surface area (Å²) in [7, 11) is 0. The molecule has 3 aromatic rings. The minimum Gasteiger partial charge on any atom is -0.351 e.